The highest BCUT2D eigenvalue weighted by Crippen LogP contribution is 2.22. The molecule has 0 aliphatic carbocycles. The van der Waals surface area contributed by atoms with Gasteiger partial charge in [-0.2, -0.15) is 0 Å². The van der Waals surface area contributed by atoms with E-state index in [0.717, 1.165) is 6.26 Å². The van der Waals surface area contributed by atoms with Gasteiger partial charge in [-0.1, -0.05) is 13.8 Å². The van der Waals surface area contributed by atoms with E-state index in [-0.39, 0.29) is 18.4 Å². The Kier molecular flexibility index (Phi) is 5.15. The number of amides is 1. The Labute approximate surface area is 119 Å². The van der Waals surface area contributed by atoms with Gasteiger partial charge in [0, 0.05) is 20.1 Å². The van der Waals surface area contributed by atoms with Gasteiger partial charge in [0.05, 0.1) is 12.2 Å². The summed E-state index contributed by atoms with van der Waals surface area (Å²) in [6.45, 7) is 3.91. The van der Waals surface area contributed by atoms with Crippen LogP contribution in [0.2, 0.25) is 0 Å². The molecule has 0 radical (unpaired) electrons. The van der Waals surface area contributed by atoms with E-state index in [0.29, 0.717) is 13.0 Å². The van der Waals surface area contributed by atoms with Crippen molar-refractivity contribution in [3.05, 3.63) is 0 Å². The van der Waals surface area contributed by atoms with Crippen LogP contribution in [0.15, 0.2) is 0 Å². The molecule has 7 nitrogen and oxygen atoms in total. The molecule has 1 saturated heterocycles. The minimum Gasteiger partial charge on any atom is -0.480 e. The first kappa shape index (κ1) is 16.9. The molecule has 20 heavy (non-hydrogen) atoms. The molecular formula is C12H22N2O5S. The number of carbonyl (C=O) groups excluding carboxylic acids is 1. The molecule has 1 heterocycles. The number of aliphatic carboxylic acids is 1. The SMILES string of the molecule is CC(C)[C@@H](C(=O)O)N(C)C(=O)[C@H]1CCN(S(C)(=O)=O)C1. The van der Waals surface area contributed by atoms with Crippen molar-refractivity contribution < 1.29 is 23.1 Å². The zero-order chi connectivity index (χ0) is 15.7. The maximum atomic E-state index is 12.3. The average molecular weight is 306 g/mol. The van der Waals surface area contributed by atoms with Gasteiger partial charge in [0.1, 0.15) is 6.04 Å². The highest BCUT2D eigenvalue weighted by molar-refractivity contribution is 7.88. The van der Waals surface area contributed by atoms with Crippen LogP contribution < -0.4 is 0 Å². The predicted molar refractivity (Wildman–Crippen MR) is 73.6 cm³/mol. The highest BCUT2D eigenvalue weighted by atomic mass is 32.2. The van der Waals surface area contributed by atoms with E-state index < -0.39 is 28.0 Å². The second-order valence-electron chi connectivity index (χ2n) is 5.58. The number of carbonyl (C=O) groups is 2. The van der Waals surface area contributed by atoms with Crippen LogP contribution in [0.4, 0.5) is 0 Å². The summed E-state index contributed by atoms with van der Waals surface area (Å²) in [4.78, 5) is 24.8. The van der Waals surface area contributed by atoms with Gasteiger partial charge >= 0.3 is 5.97 Å². The minimum absolute atomic E-state index is 0.131. The van der Waals surface area contributed by atoms with Crippen LogP contribution >= 0.6 is 0 Å². The Hall–Kier alpha value is -1.15. The molecule has 0 bridgehead atoms. The maximum absolute atomic E-state index is 12.3. The van der Waals surface area contributed by atoms with Crippen LogP contribution in [0.5, 0.6) is 0 Å². The van der Waals surface area contributed by atoms with Gasteiger partial charge in [-0.05, 0) is 12.3 Å². The number of hydrogen-bond donors (Lipinski definition) is 1. The molecule has 1 N–H and O–H groups in total. The zero-order valence-corrected chi connectivity index (χ0v) is 13.1. The van der Waals surface area contributed by atoms with Gasteiger partial charge in [-0.25, -0.2) is 17.5 Å². The van der Waals surface area contributed by atoms with Crippen LogP contribution in [-0.2, 0) is 19.6 Å². The first-order chi connectivity index (χ1) is 9.05. The number of likely N-dealkylation sites (N-methyl/N-ethyl adjacent to an activating group) is 1. The normalized spacial score (nSPS) is 21.9. The summed E-state index contributed by atoms with van der Waals surface area (Å²) in [7, 11) is -1.84. The van der Waals surface area contributed by atoms with E-state index >= 15 is 0 Å². The van der Waals surface area contributed by atoms with E-state index in [1.165, 1.54) is 16.3 Å². The van der Waals surface area contributed by atoms with E-state index in [4.69, 9.17) is 0 Å². The van der Waals surface area contributed by atoms with Crippen molar-refractivity contribution in [2.75, 3.05) is 26.4 Å². The van der Waals surface area contributed by atoms with Crippen molar-refractivity contribution in [3.8, 4) is 0 Å². The van der Waals surface area contributed by atoms with E-state index in [1.54, 1.807) is 13.8 Å². The van der Waals surface area contributed by atoms with Crippen LogP contribution in [0.1, 0.15) is 20.3 Å². The number of carboxylic acids is 1. The third-order valence-electron chi connectivity index (χ3n) is 3.62. The molecule has 0 aromatic rings. The molecule has 1 aliphatic rings. The third-order valence-corrected chi connectivity index (χ3v) is 4.89. The van der Waals surface area contributed by atoms with Gasteiger partial charge in [0.15, 0.2) is 0 Å². The third kappa shape index (κ3) is 3.69. The Morgan fingerprint density at radius 3 is 2.25 bits per heavy atom. The minimum atomic E-state index is -3.30. The van der Waals surface area contributed by atoms with Crippen LogP contribution in [-0.4, -0.2) is 67.0 Å². The summed E-state index contributed by atoms with van der Waals surface area (Å²) >= 11 is 0. The molecule has 116 valence electrons. The van der Waals surface area contributed by atoms with Crippen molar-refractivity contribution in [1.82, 2.24) is 9.21 Å². The highest BCUT2D eigenvalue weighted by Gasteiger charge is 2.38. The quantitative estimate of drug-likeness (QED) is 0.761. The molecule has 2 atom stereocenters. The first-order valence-corrected chi connectivity index (χ1v) is 8.35. The Balaban J connectivity index is 2.79. The van der Waals surface area contributed by atoms with Crippen molar-refractivity contribution in [2.45, 2.75) is 26.3 Å². The van der Waals surface area contributed by atoms with Crippen molar-refractivity contribution in [3.63, 3.8) is 0 Å². The van der Waals surface area contributed by atoms with Crippen LogP contribution in [0, 0.1) is 11.8 Å². The number of sulfonamides is 1. The largest absolute Gasteiger partial charge is 0.480 e. The number of hydrogen-bond acceptors (Lipinski definition) is 4. The number of carboxylic acid groups (broad SMARTS) is 1. The van der Waals surface area contributed by atoms with Gasteiger partial charge in [0.2, 0.25) is 15.9 Å². The van der Waals surface area contributed by atoms with Crippen molar-refractivity contribution in [1.29, 1.82) is 0 Å². The molecular weight excluding hydrogens is 284 g/mol. The van der Waals surface area contributed by atoms with Crippen LogP contribution in [0.25, 0.3) is 0 Å². The molecule has 0 spiro atoms. The van der Waals surface area contributed by atoms with Crippen molar-refractivity contribution in [2.24, 2.45) is 11.8 Å². The lowest BCUT2D eigenvalue weighted by Gasteiger charge is -2.29. The fraction of sp³-hybridized carbons (Fsp3) is 0.833. The van der Waals surface area contributed by atoms with E-state index in [9.17, 15) is 23.1 Å². The summed E-state index contributed by atoms with van der Waals surface area (Å²) in [5.41, 5.74) is 0. The lowest BCUT2D eigenvalue weighted by Crippen LogP contribution is -2.48. The van der Waals surface area contributed by atoms with Gasteiger partial charge in [-0.15, -0.1) is 0 Å². The molecule has 1 aliphatic heterocycles. The van der Waals surface area contributed by atoms with E-state index in [1.807, 2.05) is 0 Å². The Morgan fingerprint density at radius 2 is 1.90 bits per heavy atom. The fourth-order valence-electron chi connectivity index (χ4n) is 2.55. The predicted octanol–water partition coefficient (Wildman–Crippen LogP) is -0.164. The molecule has 1 rings (SSSR count). The molecule has 8 heteroatoms. The van der Waals surface area contributed by atoms with E-state index in [2.05, 4.69) is 0 Å². The molecule has 1 amide bonds. The lowest BCUT2D eigenvalue weighted by molar-refractivity contribution is -0.152. The molecule has 0 saturated carbocycles. The monoisotopic (exact) mass is 306 g/mol. The summed E-state index contributed by atoms with van der Waals surface area (Å²) in [5.74, 6) is -2.03. The van der Waals surface area contributed by atoms with Crippen molar-refractivity contribution >= 4 is 21.9 Å². The summed E-state index contributed by atoms with van der Waals surface area (Å²) in [5, 5.41) is 9.19. The first-order valence-electron chi connectivity index (χ1n) is 6.50. The second-order valence-corrected chi connectivity index (χ2v) is 7.57. The fourth-order valence-corrected chi connectivity index (χ4v) is 3.44. The Bertz CT molecular complexity index is 488. The maximum Gasteiger partial charge on any atom is 0.326 e. The summed E-state index contributed by atoms with van der Waals surface area (Å²) in [6.07, 6.45) is 1.54. The molecule has 0 aromatic heterocycles. The number of nitrogens with zero attached hydrogens (tertiary/aromatic N) is 2. The molecule has 1 fully saturated rings. The standard InChI is InChI=1S/C12H22N2O5S/c1-8(2)10(12(16)17)13(3)11(15)9-5-6-14(7-9)20(4,18)19/h8-10H,5-7H2,1-4H3,(H,16,17)/t9-,10-/m0/s1. The molecule has 0 aromatic carbocycles. The van der Waals surface area contributed by atoms with Gasteiger partial charge in [-0.3, -0.25) is 4.79 Å². The second kappa shape index (κ2) is 6.09. The Morgan fingerprint density at radius 1 is 1.35 bits per heavy atom. The van der Waals surface area contributed by atoms with Gasteiger partial charge in [0.25, 0.3) is 0 Å². The lowest BCUT2D eigenvalue weighted by atomic mass is 10.0. The average Bonchev–Trinajstić information content (AvgIpc) is 2.75. The zero-order valence-electron chi connectivity index (χ0n) is 12.2. The smallest absolute Gasteiger partial charge is 0.326 e. The summed E-state index contributed by atoms with van der Waals surface area (Å²) in [6, 6.07) is -0.894. The topological polar surface area (TPSA) is 95.0 Å². The van der Waals surface area contributed by atoms with Crippen LogP contribution in [0.3, 0.4) is 0 Å². The molecule has 0 unspecified atom stereocenters. The number of rotatable bonds is 5. The summed E-state index contributed by atoms with van der Waals surface area (Å²) < 4.78 is 24.1. The van der Waals surface area contributed by atoms with Gasteiger partial charge < -0.3 is 10.0 Å².